The Bertz CT molecular complexity index is 765. The summed E-state index contributed by atoms with van der Waals surface area (Å²) in [6, 6.07) is 5.00. The van der Waals surface area contributed by atoms with Crippen molar-refractivity contribution in [2.45, 2.75) is 50.3 Å². The van der Waals surface area contributed by atoms with Gasteiger partial charge in [0, 0.05) is 25.2 Å². The second kappa shape index (κ2) is 7.70. The highest BCUT2D eigenvalue weighted by Gasteiger charge is 2.26. The van der Waals surface area contributed by atoms with Gasteiger partial charge in [-0.15, -0.1) is 0 Å². The maximum atomic E-state index is 12.8. The van der Waals surface area contributed by atoms with E-state index in [1.807, 2.05) is 6.92 Å². The predicted octanol–water partition coefficient (Wildman–Crippen LogP) is 3.46. The number of rotatable bonds is 5. The largest absolute Gasteiger partial charge is 0.326 e. The zero-order valence-electron chi connectivity index (χ0n) is 14.7. The van der Waals surface area contributed by atoms with Crippen molar-refractivity contribution < 1.29 is 13.2 Å². The second-order valence-corrected chi connectivity index (χ2v) is 8.90. The van der Waals surface area contributed by atoms with Crippen LogP contribution < -0.4 is 5.32 Å². The normalized spacial score (nSPS) is 21.4. The molecule has 1 aliphatic heterocycles. The Morgan fingerprint density at radius 2 is 2.00 bits per heavy atom. The van der Waals surface area contributed by atoms with Crippen LogP contribution in [-0.4, -0.2) is 31.7 Å². The number of nitrogens with one attached hydrogen (secondary N) is 1. The highest BCUT2D eigenvalue weighted by atomic mass is 32.2. The van der Waals surface area contributed by atoms with Gasteiger partial charge in [-0.25, -0.2) is 8.42 Å². The number of carbonyl (C=O) groups is 1. The van der Waals surface area contributed by atoms with Crippen LogP contribution in [-0.2, 0) is 14.8 Å². The molecule has 0 saturated carbocycles. The molecule has 25 heavy (non-hydrogen) atoms. The first-order valence-electron chi connectivity index (χ1n) is 9.04. The van der Waals surface area contributed by atoms with Crippen molar-refractivity contribution in [1.29, 1.82) is 0 Å². The fraction of sp³-hybridized carbons (Fsp3) is 0.526. The maximum absolute atomic E-state index is 12.8. The van der Waals surface area contributed by atoms with E-state index in [1.165, 1.54) is 0 Å². The van der Waals surface area contributed by atoms with Crippen LogP contribution in [0.15, 0.2) is 35.2 Å². The van der Waals surface area contributed by atoms with Gasteiger partial charge in [-0.3, -0.25) is 4.79 Å². The Kier molecular flexibility index (Phi) is 5.59. The van der Waals surface area contributed by atoms with Crippen molar-refractivity contribution in [2.75, 3.05) is 18.4 Å². The molecule has 3 rings (SSSR count). The number of piperidine rings is 1. The van der Waals surface area contributed by atoms with Crippen molar-refractivity contribution in [2.24, 2.45) is 5.92 Å². The number of benzene rings is 1. The number of sulfonamides is 1. The van der Waals surface area contributed by atoms with Gasteiger partial charge in [0.2, 0.25) is 15.9 Å². The third-order valence-electron chi connectivity index (χ3n) is 5.00. The van der Waals surface area contributed by atoms with E-state index < -0.39 is 10.0 Å². The molecule has 6 heteroatoms. The van der Waals surface area contributed by atoms with Gasteiger partial charge in [-0.1, -0.05) is 24.6 Å². The number of amides is 1. The molecule has 2 aliphatic rings. The summed E-state index contributed by atoms with van der Waals surface area (Å²) < 4.78 is 27.2. The summed E-state index contributed by atoms with van der Waals surface area (Å²) in [4.78, 5) is 12.5. The molecule has 1 N–H and O–H groups in total. The van der Waals surface area contributed by atoms with Gasteiger partial charge in [0.1, 0.15) is 0 Å². The first kappa shape index (κ1) is 18.1. The highest BCUT2D eigenvalue weighted by Crippen LogP contribution is 2.26. The number of nitrogens with zero attached hydrogens (tertiary/aromatic N) is 1. The third-order valence-corrected chi connectivity index (χ3v) is 6.89. The highest BCUT2D eigenvalue weighted by molar-refractivity contribution is 7.89. The first-order valence-corrected chi connectivity index (χ1v) is 10.5. The lowest BCUT2D eigenvalue weighted by Gasteiger charge is -2.26. The molecule has 0 spiro atoms. The summed E-state index contributed by atoms with van der Waals surface area (Å²) in [6.07, 6.45) is 9.57. The van der Waals surface area contributed by atoms with E-state index >= 15 is 0 Å². The van der Waals surface area contributed by atoms with Gasteiger partial charge >= 0.3 is 0 Å². The van der Waals surface area contributed by atoms with E-state index in [0.717, 1.165) is 37.7 Å². The SMILES string of the molecule is Cc1ccc(S(=O)(=O)N2CCCCC2)cc1NC(=O)CC1C=CCC1. The van der Waals surface area contributed by atoms with E-state index in [2.05, 4.69) is 17.5 Å². The van der Waals surface area contributed by atoms with E-state index in [-0.39, 0.29) is 10.8 Å². The molecule has 1 aromatic carbocycles. The Labute approximate surface area is 150 Å². The summed E-state index contributed by atoms with van der Waals surface area (Å²) in [6.45, 7) is 3.03. The number of aryl methyl sites for hydroxylation is 1. The first-order chi connectivity index (χ1) is 12.0. The number of anilines is 1. The Morgan fingerprint density at radius 3 is 2.68 bits per heavy atom. The number of hydrogen-bond donors (Lipinski definition) is 1. The molecular formula is C19H26N2O3S. The lowest BCUT2D eigenvalue weighted by Crippen LogP contribution is -2.35. The van der Waals surface area contributed by atoms with Crippen molar-refractivity contribution >= 4 is 21.6 Å². The second-order valence-electron chi connectivity index (χ2n) is 6.96. The Hall–Kier alpha value is -1.66. The topological polar surface area (TPSA) is 66.5 Å². The third kappa shape index (κ3) is 4.30. The molecule has 1 fully saturated rings. The van der Waals surface area contributed by atoms with Crippen molar-refractivity contribution in [3.63, 3.8) is 0 Å². The van der Waals surface area contributed by atoms with Gasteiger partial charge < -0.3 is 5.32 Å². The average Bonchev–Trinajstić information content (AvgIpc) is 3.10. The molecular weight excluding hydrogens is 336 g/mol. The van der Waals surface area contributed by atoms with Gasteiger partial charge in [0.05, 0.1) is 4.90 Å². The smallest absolute Gasteiger partial charge is 0.243 e. The molecule has 0 aromatic heterocycles. The maximum Gasteiger partial charge on any atom is 0.243 e. The summed E-state index contributed by atoms with van der Waals surface area (Å²) in [7, 11) is -3.49. The van der Waals surface area contributed by atoms with Crippen LogP contribution >= 0.6 is 0 Å². The van der Waals surface area contributed by atoms with Crippen molar-refractivity contribution in [3.05, 3.63) is 35.9 Å². The molecule has 1 saturated heterocycles. The molecule has 5 nitrogen and oxygen atoms in total. The molecule has 1 aliphatic carbocycles. The van der Waals surface area contributed by atoms with Gasteiger partial charge in [0.15, 0.2) is 0 Å². The molecule has 1 amide bonds. The lowest BCUT2D eigenvalue weighted by atomic mass is 10.0. The van der Waals surface area contributed by atoms with Crippen molar-refractivity contribution in [3.8, 4) is 0 Å². The van der Waals surface area contributed by atoms with Gasteiger partial charge in [0.25, 0.3) is 0 Å². The van der Waals surface area contributed by atoms with E-state index in [0.29, 0.717) is 31.1 Å². The Balaban J connectivity index is 1.75. The van der Waals surface area contributed by atoms with Gasteiger partial charge in [-0.05, 0) is 56.2 Å². The van der Waals surface area contributed by atoms with Crippen molar-refractivity contribution in [1.82, 2.24) is 4.31 Å². The Morgan fingerprint density at radius 1 is 1.24 bits per heavy atom. The molecule has 136 valence electrons. The quantitative estimate of drug-likeness (QED) is 0.816. The fourth-order valence-electron chi connectivity index (χ4n) is 3.46. The summed E-state index contributed by atoms with van der Waals surface area (Å²) in [5, 5.41) is 2.90. The monoisotopic (exact) mass is 362 g/mol. The minimum atomic E-state index is -3.49. The summed E-state index contributed by atoms with van der Waals surface area (Å²) in [5.74, 6) is 0.229. The zero-order valence-corrected chi connectivity index (χ0v) is 15.5. The molecule has 0 bridgehead atoms. The van der Waals surface area contributed by atoms with E-state index in [1.54, 1.807) is 22.5 Å². The van der Waals surface area contributed by atoms with Crippen LogP contribution in [0.1, 0.15) is 44.1 Å². The minimum absolute atomic E-state index is 0.0628. The molecule has 1 aromatic rings. The zero-order chi connectivity index (χ0) is 17.9. The van der Waals surface area contributed by atoms with Crippen LogP contribution in [0.4, 0.5) is 5.69 Å². The standard InChI is InChI=1S/C19H26N2O3S/c1-15-9-10-17(25(23,24)21-11-5-2-6-12-21)14-18(15)20-19(22)13-16-7-3-4-8-16/h3,7,9-10,14,16H,2,4-6,8,11-13H2,1H3,(H,20,22). The van der Waals surface area contributed by atoms with Gasteiger partial charge in [-0.2, -0.15) is 4.31 Å². The lowest BCUT2D eigenvalue weighted by molar-refractivity contribution is -0.116. The number of hydrogen-bond acceptors (Lipinski definition) is 3. The average molecular weight is 362 g/mol. The van der Waals surface area contributed by atoms with E-state index in [9.17, 15) is 13.2 Å². The van der Waals surface area contributed by atoms with E-state index in [4.69, 9.17) is 0 Å². The number of carbonyl (C=O) groups excluding carboxylic acids is 1. The van der Waals surface area contributed by atoms with Crippen LogP contribution in [0.3, 0.4) is 0 Å². The predicted molar refractivity (Wildman–Crippen MR) is 98.9 cm³/mol. The minimum Gasteiger partial charge on any atom is -0.326 e. The number of allylic oxidation sites excluding steroid dienone is 2. The van der Waals surface area contributed by atoms with Crippen LogP contribution in [0, 0.1) is 12.8 Å². The molecule has 0 radical (unpaired) electrons. The molecule has 1 heterocycles. The van der Waals surface area contributed by atoms with Crippen LogP contribution in [0.5, 0.6) is 0 Å². The summed E-state index contributed by atoms with van der Waals surface area (Å²) >= 11 is 0. The summed E-state index contributed by atoms with van der Waals surface area (Å²) in [5.41, 5.74) is 1.46. The fourth-order valence-corrected chi connectivity index (χ4v) is 5.00. The van der Waals surface area contributed by atoms with Crippen LogP contribution in [0.25, 0.3) is 0 Å². The molecule has 1 atom stereocenters. The van der Waals surface area contributed by atoms with Crippen LogP contribution in [0.2, 0.25) is 0 Å². The molecule has 1 unspecified atom stereocenters.